The molecule has 0 radical (unpaired) electrons. The van der Waals surface area contributed by atoms with Gasteiger partial charge in [-0.25, -0.2) is 0 Å². The molecule has 3 aliphatic rings. The fourth-order valence-corrected chi connectivity index (χ4v) is 3.53. The van der Waals surface area contributed by atoms with Crippen LogP contribution in [0, 0.1) is 0 Å². The molecule has 1 aromatic carbocycles. The van der Waals surface area contributed by atoms with Gasteiger partial charge in [-0.3, -0.25) is 4.79 Å². The quantitative estimate of drug-likeness (QED) is 0.676. The molecule has 2 fully saturated rings. The summed E-state index contributed by atoms with van der Waals surface area (Å²) < 4.78 is 11.1. The third kappa shape index (κ3) is 2.42. The molecule has 118 valence electrons. The molecule has 2 saturated heterocycles. The number of carbonyl (C=O) groups is 1. The SMILES string of the molecule is O=C(N[C@H]1CO[C@H]2[C@@H]1OC[C@H]2O)[C@H]1Cc2ccccc2CN1. The second-order valence-electron chi connectivity index (χ2n) is 6.18. The Morgan fingerprint density at radius 2 is 1.95 bits per heavy atom. The second-order valence-corrected chi connectivity index (χ2v) is 6.18. The van der Waals surface area contributed by atoms with Crippen LogP contribution in [0.4, 0.5) is 0 Å². The number of hydrogen-bond acceptors (Lipinski definition) is 5. The molecule has 1 amide bonds. The summed E-state index contributed by atoms with van der Waals surface area (Å²) in [6, 6.07) is 7.75. The molecule has 6 nitrogen and oxygen atoms in total. The van der Waals surface area contributed by atoms with Gasteiger partial charge < -0.3 is 25.2 Å². The van der Waals surface area contributed by atoms with Crippen molar-refractivity contribution < 1.29 is 19.4 Å². The van der Waals surface area contributed by atoms with E-state index in [-0.39, 0.29) is 36.8 Å². The molecule has 0 aliphatic carbocycles. The predicted octanol–water partition coefficient (Wildman–Crippen LogP) is -0.656. The number of ether oxygens (including phenoxy) is 2. The molecule has 1 aromatic rings. The maximum absolute atomic E-state index is 12.5. The molecule has 0 bridgehead atoms. The van der Waals surface area contributed by atoms with E-state index in [9.17, 15) is 9.90 Å². The van der Waals surface area contributed by atoms with Crippen LogP contribution in [0.15, 0.2) is 24.3 Å². The minimum absolute atomic E-state index is 0.0336. The summed E-state index contributed by atoms with van der Waals surface area (Å²) in [4.78, 5) is 12.5. The van der Waals surface area contributed by atoms with E-state index in [4.69, 9.17) is 9.47 Å². The zero-order valence-corrected chi connectivity index (χ0v) is 12.2. The Hall–Kier alpha value is -1.47. The van der Waals surface area contributed by atoms with E-state index in [0.717, 1.165) is 0 Å². The van der Waals surface area contributed by atoms with Gasteiger partial charge in [0, 0.05) is 6.54 Å². The molecule has 22 heavy (non-hydrogen) atoms. The fraction of sp³-hybridized carbons (Fsp3) is 0.562. The number of nitrogens with one attached hydrogen (secondary N) is 2. The molecule has 3 heterocycles. The highest BCUT2D eigenvalue weighted by molar-refractivity contribution is 5.82. The van der Waals surface area contributed by atoms with Gasteiger partial charge >= 0.3 is 0 Å². The predicted molar refractivity (Wildman–Crippen MR) is 78.2 cm³/mol. The average molecular weight is 304 g/mol. The highest BCUT2D eigenvalue weighted by Gasteiger charge is 2.47. The van der Waals surface area contributed by atoms with Crippen LogP contribution in [0.1, 0.15) is 11.1 Å². The Kier molecular flexibility index (Phi) is 3.62. The lowest BCUT2D eigenvalue weighted by Gasteiger charge is -2.27. The van der Waals surface area contributed by atoms with Gasteiger partial charge in [0.1, 0.15) is 18.3 Å². The topological polar surface area (TPSA) is 79.8 Å². The molecule has 3 N–H and O–H groups in total. The first-order valence-electron chi connectivity index (χ1n) is 7.74. The van der Waals surface area contributed by atoms with Crippen LogP contribution in [0.25, 0.3) is 0 Å². The van der Waals surface area contributed by atoms with E-state index < -0.39 is 6.10 Å². The lowest BCUT2D eigenvalue weighted by Crippen LogP contribution is -2.53. The van der Waals surface area contributed by atoms with E-state index >= 15 is 0 Å². The number of aliphatic hydroxyl groups excluding tert-OH is 1. The Morgan fingerprint density at radius 3 is 2.82 bits per heavy atom. The molecule has 4 rings (SSSR count). The van der Waals surface area contributed by atoms with Crippen molar-refractivity contribution in [2.24, 2.45) is 0 Å². The van der Waals surface area contributed by atoms with Crippen molar-refractivity contribution in [1.82, 2.24) is 10.6 Å². The molecular weight excluding hydrogens is 284 g/mol. The van der Waals surface area contributed by atoms with Gasteiger partial charge in [-0.1, -0.05) is 24.3 Å². The number of amides is 1. The van der Waals surface area contributed by atoms with Gasteiger partial charge in [0.25, 0.3) is 0 Å². The van der Waals surface area contributed by atoms with Crippen molar-refractivity contribution in [1.29, 1.82) is 0 Å². The van der Waals surface area contributed by atoms with E-state index in [1.165, 1.54) is 11.1 Å². The van der Waals surface area contributed by atoms with Crippen molar-refractivity contribution >= 4 is 5.91 Å². The third-order valence-corrected chi connectivity index (χ3v) is 4.75. The summed E-state index contributed by atoms with van der Waals surface area (Å²) in [5.74, 6) is -0.0336. The lowest BCUT2D eigenvalue weighted by atomic mass is 9.95. The first-order valence-corrected chi connectivity index (χ1v) is 7.74. The Morgan fingerprint density at radius 1 is 1.18 bits per heavy atom. The number of fused-ring (bicyclic) bond motifs is 2. The monoisotopic (exact) mass is 304 g/mol. The summed E-state index contributed by atoms with van der Waals surface area (Å²) in [7, 11) is 0. The zero-order valence-electron chi connectivity index (χ0n) is 12.2. The number of carbonyl (C=O) groups excluding carboxylic acids is 1. The maximum atomic E-state index is 12.5. The molecule has 0 aromatic heterocycles. The van der Waals surface area contributed by atoms with Crippen LogP contribution in [-0.2, 0) is 27.2 Å². The first-order chi connectivity index (χ1) is 10.7. The van der Waals surface area contributed by atoms with Gasteiger partial charge in [-0.15, -0.1) is 0 Å². The average Bonchev–Trinajstić information content (AvgIpc) is 3.11. The van der Waals surface area contributed by atoms with Crippen LogP contribution < -0.4 is 10.6 Å². The summed E-state index contributed by atoms with van der Waals surface area (Å²) in [5, 5.41) is 16.0. The van der Waals surface area contributed by atoms with E-state index in [0.29, 0.717) is 19.6 Å². The van der Waals surface area contributed by atoms with E-state index in [1.807, 2.05) is 12.1 Å². The van der Waals surface area contributed by atoms with E-state index in [2.05, 4.69) is 22.8 Å². The smallest absolute Gasteiger partial charge is 0.237 e. The first kappa shape index (κ1) is 14.1. The Labute approximate surface area is 128 Å². The number of aliphatic hydroxyl groups is 1. The lowest BCUT2D eigenvalue weighted by molar-refractivity contribution is -0.124. The van der Waals surface area contributed by atoms with Gasteiger partial charge in [0.15, 0.2) is 0 Å². The van der Waals surface area contributed by atoms with Crippen molar-refractivity contribution in [2.45, 2.75) is 43.4 Å². The molecule has 5 atom stereocenters. The van der Waals surface area contributed by atoms with Crippen molar-refractivity contribution in [3.8, 4) is 0 Å². The number of rotatable bonds is 2. The van der Waals surface area contributed by atoms with Crippen molar-refractivity contribution in [3.05, 3.63) is 35.4 Å². The largest absolute Gasteiger partial charge is 0.388 e. The Balaban J connectivity index is 1.39. The third-order valence-electron chi connectivity index (χ3n) is 4.75. The summed E-state index contributed by atoms with van der Waals surface area (Å²) in [6.45, 7) is 1.37. The standard InChI is InChI=1S/C16H20N2O4/c19-13-8-22-14-12(7-21-15(13)14)18-16(20)11-5-9-3-1-2-4-10(9)6-17-11/h1-4,11-15,17,19H,5-8H2,(H,18,20)/t11-,12+,13-,14-,15-/m1/s1. The van der Waals surface area contributed by atoms with Gasteiger partial charge in [-0.05, 0) is 17.5 Å². The van der Waals surface area contributed by atoms with E-state index in [1.54, 1.807) is 0 Å². The van der Waals surface area contributed by atoms with Crippen LogP contribution in [0.3, 0.4) is 0 Å². The van der Waals surface area contributed by atoms with Crippen LogP contribution >= 0.6 is 0 Å². The van der Waals surface area contributed by atoms with Crippen molar-refractivity contribution in [2.75, 3.05) is 13.2 Å². The van der Waals surface area contributed by atoms with Gasteiger partial charge in [0.05, 0.1) is 25.3 Å². The Bertz CT molecular complexity index is 579. The molecule has 0 unspecified atom stereocenters. The molecule has 0 spiro atoms. The van der Waals surface area contributed by atoms with Crippen molar-refractivity contribution in [3.63, 3.8) is 0 Å². The highest BCUT2D eigenvalue weighted by atomic mass is 16.6. The summed E-state index contributed by atoms with van der Waals surface area (Å²) in [6.07, 6.45) is -0.459. The van der Waals surface area contributed by atoms with Crippen LogP contribution in [-0.4, -0.2) is 54.6 Å². The molecular formula is C16H20N2O4. The summed E-state index contributed by atoms with van der Waals surface area (Å²) >= 11 is 0. The second kappa shape index (κ2) is 5.62. The normalized spacial score (nSPS) is 36.7. The fourth-order valence-electron chi connectivity index (χ4n) is 3.53. The number of benzene rings is 1. The minimum Gasteiger partial charge on any atom is -0.388 e. The molecule has 0 saturated carbocycles. The van der Waals surface area contributed by atoms with Gasteiger partial charge in [0.2, 0.25) is 5.91 Å². The molecule has 3 aliphatic heterocycles. The highest BCUT2D eigenvalue weighted by Crippen LogP contribution is 2.27. The summed E-state index contributed by atoms with van der Waals surface area (Å²) in [5.41, 5.74) is 2.47. The molecule has 6 heteroatoms. The number of hydrogen-bond donors (Lipinski definition) is 3. The van der Waals surface area contributed by atoms with Gasteiger partial charge in [-0.2, -0.15) is 0 Å². The van der Waals surface area contributed by atoms with Crippen LogP contribution in [0.5, 0.6) is 0 Å². The maximum Gasteiger partial charge on any atom is 0.237 e. The minimum atomic E-state index is -0.591. The van der Waals surface area contributed by atoms with Crippen LogP contribution in [0.2, 0.25) is 0 Å². The zero-order chi connectivity index (χ0) is 15.1.